The molecule has 0 heterocycles. The fraction of sp³-hybridized carbons (Fsp3) is 0.562. The predicted molar refractivity (Wildman–Crippen MR) is 72.8 cm³/mol. The Kier molecular flexibility index (Phi) is 3.74. The highest BCUT2D eigenvalue weighted by Crippen LogP contribution is 2.39. The van der Waals surface area contributed by atoms with E-state index in [9.17, 15) is 9.90 Å². The number of aryl methyl sites for hydroxylation is 2. The molecule has 1 aliphatic carbocycles. The smallest absolute Gasteiger partial charge is 0.309 e. The van der Waals surface area contributed by atoms with Gasteiger partial charge >= 0.3 is 5.97 Å². The summed E-state index contributed by atoms with van der Waals surface area (Å²) in [6.45, 7) is 4.15. The first kappa shape index (κ1) is 13.1. The zero-order valence-corrected chi connectivity index (χ0v) is 11.3. The van der Waals surface area contributed by atoms with E-state index in [-0.39, 0.29) is 0 Å². The normalized spacial score (nSPS) is 18.6. The molecule has 0 amide bonds. The van der Waals surface area contributed by atoms with E-state index in [1.54, 1.807) is 0 Å². The maximum Gasteiger partial charge on any atom is 0.309 e. The Bertz CT molecular complexity index is 422. The Balaban J connectivity index is 2.25. The number of carbonyl (C=O) groups is 1. The molecule has 2 nitrogen and oxygen atoms in total. The molecule has 18 heavy (non-hydrogen) atoms. The third kappa shape index (κ3) is 2.74. The number of rotatable bonds is 3. The second-order valence-corrected chi connectivity index (χ2v) is 5.82. The van der Waals surface area contributed by atoms with E-state index < -0.39 is 11.4 Å². The van der Waals surface area contributed by atoms with Crippen molar-refractivity contribution in [3.8, 4) is 0 Å². The molecule has 1 aromatic carbocycles. The molecular weight excluding hydrogens is 224 g/mol. The van der Waals surface area contributed by atoms with E-state index in [1.165, 1.54) is 23.1 Å². The van der Waals surface area contributed by atoms with Crippen molar-refractivity contribution in [1.29, 1.82) is 0 Å². The van der Waals surface area contributed by atoms with Gasteiger partial charge in [0, 0.05) is 0 Å². The van der Waals surface area contributed by atoms with Crippen LogP contribution >= 0.6 is 0 Å². The van der Waals surface area contributed by atoms with Gasteiger partial charge in [-0.15, -0.1) is 0 Å². The van der Waals surface area contributed by atoms with Gasteiger partial charge in [0.15, 0.2) is 0 Å². The minimum atomic E-state index is -0.610. The quantitative estimate of drug-likeness (QED) is 0.878. The van der Waals surface area contributed by atoms with Crippen LogP contribution in [0.2, 0.25) is 0 Å². The van der Waals surface area contributed by atoms with Crippen LogP contribution < -0.4 is 0 Å². The molecule has 2 rings (SSSR count). The van der Waals surface area contributed by atoms with Gasteiger partial charge in [-0.25, -0.2) is 0 Å². The molecule has 0 radical (unpaired) electrons. The van der Waals surface area contributed by atoms with Gasteiger partial charge in [0.25, 0.3) is 0 Å². The zero-order valence-electron chi connectivity index (χ0n) is 11.3. The molecule has 1 aliphatic rings. The van der Waals surface area contributed by atoms with Crippen molar-refractivity contribution in [2.24, 2.45) is 5.41 Å². The van der Waals surface area contributed by atoms with E-state index in [2.05, 4.69) is 32.0 Å². The molecule has 1 saturated carbocycles. The number of carboxylic acid groups (broad SMARTS) is 1. The minimum Gasteiger partial charge on any atom is -0.481 e. The van der Waals surface area contributed by atoms with Crippen molar-refractivity contribution in [2.75, 3.05) is 0 Å². The molecule has 0 unspecified atom stereocenters. The summed E-state index contributed by atoms with van der Waals surface area (Å²) in [6.07, 6.45) is 5.63. The Labute approximate surface area is 109 Å². The lowest BCUT2D eigenvalue weighted by Crippen LogP contribution is -2.35. The van der Waals surface area contributed by atoms with Crippen molar-refractivity contribution in [1.82, 2.24) is 0 Å². The molecule has 0 saturated heterocycles. The van der Waals surface area contributed by atoms with E-state index in [1.807, 2.05) is 0 Å². The minimum absolute atomic E-state index is 0.515. The molecule has 1 N–H and O–H groups in total. The van der Waals surface area contributed by atoms with Crippen molar-refractivity contribution in [3.05, 3.63) is 34.9 Å². The molecule has 1 aromatic rings. The number of aliphatic carboxylic acids is 1. The van der Waals surface area contributed by atoms with Gasteiger partial charge in [-0.2, -0.15) is 0 Å². The largest absolute Gasteiger partial charge is 0.481 e. The molecule has 0 spiro atoms. The van der Waals surface area contributed by atoms with Gasteiger partial charge in [0.05, 0.1) is 5.41 Å². The summed E-state index contributed by atoms with van der Waals surface area (Å²) in [4.78, 5) is 11.7. The van der Waals surface area contributed by atoms with Gasteiger partial charge in [-0.1, -0.05) is 48.6 Å². The van der Waals surface area contributed by atoms with E-state index in [0.717, 1.165) is 25.7 Å². The molecule has 2 heteroatoms. The Hall–Kier alpha value is -1.31. The summed E-state index contributed by atoms with van der Waals surface area (Å²) in [6, 6.07) is 6.40. The standard InChI is InChI=1S/C16H22O2/c1-12-8-13(2)10-14(9-12)11-16(15(17)18)6-4-3-5-7-16/h8-10H,3-7,11H2,1-2H3,(H,17,18). The molecule has 0 aromatic heterocycles. The molecule has 0 atom stereocenters. The first-order chi connectivity index (χ1) is 8.52. The Morgan fingerprint density at radius 2 is 1.67 bits per heavy atom. The van der Waals surface area contributed by atoms with E-state index >= 15 is 0 Å². The summed E-state index contributed by atoms with van der Waals surface area (Å²) in [7, 11) is 0. The molecule has 0 aliphatic heterocycles. The SMILES string of the molecule is Cc1cc(C)cc(CC2(C(=O)O)CCCCC2)c1. The third-order valence-corrected chi connectivity index (χ3v) is 4.09. The van der Waals surface area contributed by atoms with Gasteiger partial charge < -0.3 is 5.11 Å². The molecule has 98 valence electrons. The van der Waals surface area contributed by atoms with E-state index in [0.29, 0.717) is 6.42 Å². The number of benzene rings is 1. The van der Waals surface area contributed by atoms with Gasteiger partial charge in [0.2, 0.25) is 0 Å². The lowest BCUT2D eigenvalue weighted by atomic mass is 9.70. The predicted octanol–water partition coefficient (Wildman–Crippen LogP) is 3.88. The average Bonchev–Trinajstić information content (AvgIpc) is 2.28. The third-order valence-electron chi connectivity index (χ3n) is 4.09. The highest BCUT2D eigenvalue weighted by Gasteiger charge is 2.39. The number of hydrogen-bond acceptors (Lipinski definition) is 1. The Morgan fingerprint density at radius 1 is 1.11 bits per heavy atom. The van der Waals surface area contributed by atoms with Crippen LogP contribution in [0.15, 0.2) is 18.2 Å². The summed E-state index contributed by atoms with van der Waals surface area (Å²) in [5, 5.41) is 9.59. The monoisotopic (exact) mass is 246 g/mol. The van der Waals surface area contributed by atoms with Crippen molar-refractivity contribution >= 4 is 5.97 Å². The molecule has 0 bridgehead atoms. The van der Waals surface area contributed by atoms with Gasteiger partial charge in [-0.05, 0) is 38.7 Å². The van der Waals surface area contributed by atoms with Crippen LogP contribution in [0.1, 0.15) is 48.8 Å². The Morgan fingerprint density at radius 3 is 2.17 bits per heavy atom. The highest BCUT2D eigenvalue weighted by atomic mass is 16.4. The van der Waals surface area contributed by atoms with Crippen molar-refractivity contribution in [3.63, 3.8) is 0 Å². The highest BCUT2D eigenvalue weighted by molar-refractivity contribution is 5.75. The summed E-state index contributed by atoms with van der Waals surface area (Å²) in [5.41, 5.74) is 3.11. The fourth-order valence-electron chi connectivity index (χ4n) is 3.26. The second kappa shape index (κ2) is 5.13. The lowest BCUT2D eigenvalue weighted by molar-refractivity contribution is -0.151. The van der Waals surface area contributed by atoms with Gasteiger partial charge in [-0.3, -0.25) is 4.79 Å². The number of hydrogen-bond donors (Lipinski definition) is 1. The van der Waals surface area contributed by atoms with Crippen molar-refractivity contribution < 1.29 is 9.90 Å². The number of carboxylic acids is 1. The molecule has 1 fully saturated rings. The fourth-order valence-corrected chi connectivity index (χ4v) is 3.26. The van der Waals surface area contributed by atoms with Crippen LogP contribution in [0.4, 0.5) is 0 Å². The second-order valence-electron chi connectivity index (χ2n) is 5.82. The van der Waals surface area contributed by atoms with Crippen LogP contribution in [0.5, 0.6) is 0 Å². The summed E-state index contributed by atoms with van der Waals surface area (Å²) >= 11 is 0. The van der Waals surface area contributed by atoms with Crippen molar-refractivity contribution in [2.45, 2.75) is 52.4 Å². The van der Waals surface area contributed by atoms with Crippen LogP contribution in [-0.2, 0) is 11.2 Å². The summed E-state index contributed by atoms with van der Waals surface area (Å²) < 4.78 is 0. The first-order valence-electron chi connectivity index (χ1n) is 6.82. The van der Waals surface area contributed by atoms with Crippen LogP contribution in [0.3, 0.4) is 0 Å². The van der Waals surface area contributed by atoms with Crippen LogP contribution in [0.25, 0.3) is 0 Å². The zero-order chi connectivity index (χ0) is 13.2. The maximum atomic E-state index is 11.7. The van der Waals surface area contributed by atoms with E-state index in [4.69, 9.17) is 0 Å². The lowest BCUT2D eigenvalue weighted by Gasteiger charge is -2.33. The topological polar surface area (TPSA) is 37.3 Å². The summed E-state index contributed by atoms with van der Waals surface area (Å²) in [5.74, 6) is -0.610. The maximum absolute atomic E-state index is 11.7. The average molecular weight is 246 g/mol. The first-order valence-corrected chi connectivity index (χ1v) is 6.82. The van der Waals surface area contributed by atoms with Gasteiger partial charge in [0.1, 0.15) is 0 Å². The molecular formula is C16H22O2. The van der Waals surface area contributed by atoms with Crippen LogP contribution in [0, 0.1) is 19.3 Å². The van der Waals surface area contributed by atoms with Crippen LogP contribution in [-0.4, -0.2) is 11.1 Å².